The molecule has 0 amide bonds. The van der Waals surface area contributed by atoms with Gasteiger partial charge in [-0.3, -0.25) is 0 Å². The zero-order valence-electron chi connectivity index (χ0n) is 12.7. The highest BCUT2D eigenvalue weighted by Gasteiger charge is 2.22. The van der Waals surface area contributed by atoms with Crippen molar-refractivity contribution in [3.05, 3.63) is 46.4 Å². The summed E-state index contributed by atoms with van der Waals surface area (Å²) in [5, 5.41) is 0. The average molecular weight is 267 g/mol. The van der Waals surface area contributed by atoms with Crippen LogP contribution in [0.15, 0.2) is 18.3 Å². The Hall–Kier alpha value is -1.90. The predicted molar refractivity (Wildman–Crippen MR) is 82.7 cm³/mol. The van der Waals surface area contributed by atoms with Crippen molar-refractivity contribution in [3.63, 3.8) is 0 Å². The molecule has 0 bridgehead atoms. The molecule has 20 heavy (non-hydrogen) atoms. The van der Waals surface area contributed by atoms with Gasteiger partial charge in [0, 0.05) is 24.0 Å². The summed E-state index contributed by atoms with van der Waals surface area (Å²) in [4.78, 5) is 11.4. The van der Waals surface area contributed by atoms with Gasteiger partial charge in [-0.05, 0) is 51.7 Å². The van der Waals surface area contributed by atoms with Gasteiger partial charge in [0.25, 0.3) is 0 Å². The molecule has 2 aromatic rings. The van der Waals surface area contributed by atoms with E-state index in [1.54, 1.807) is 0 Å². The largest absolute Gasteiger partial charge is 0.326 e. The van der Waals surface area contributed by atoms with Crippen LogP contribution in [0.3, 0.4) is 0 Å². The molecule has 1 aliphatic heterocycles. The third-order valence-corrected chi connectivity index (χ3v) is 3.95. The van der Waals surface area contributed by atoms with Crippen LogP contribution < -0.4 is 4.90 Å². The molecule has 0 saturated heterocycles. The zero-order chi connectivity index (χ0) is 14.3. The molecule has 0 spiro atoms. The van der Waals surface area contributed by atoms with Crippen molar-refractivity contribution in [2.75, 3.05) is 11.4 Å². The third kappa shape index (κ3) is 2.17. The van der Waals surface area contributed by atoms with Crippen molar-refractivity contribution in [2.45, 2.75) is 40.5 Å². The second kappa shape index (κ2) is 4.89. The normalized spacial score (nSPS) is 14.3. The van der Waals surface area contributed by atoms with Gasteiger partial charge in [-0.2, -0.15) is 0 Å². The minimum absolute atomic E-state index is 0.845. The first-order valence-corrected chi connectivity index (χ1v) is 7.24. The number of nitrogens with zero attached hydrogens (tertiary/aromatic N) is 3. The Bertz CT molecular complexity index is 638. The van der Waals surface area contributed by atoms with E-state index in [0.29, 0.717) is 0 Å². The molecule has 3 heteroatoms. The van der Waals surface area contributed by atoms with E-state index in [1.807, 2.05) is 13.1 Å². The lowest BCUT2D eigenvalue weighted by atomic mass is 10.0. The summed E-state index contributed by atoms with van der Waals surface area (Å²) >= 11 is 0. The molecule has 0 unspecified atom stereocenters. The fraction of sp³-hybridized carbons (Fsp3) is 0.412. The van der Waals surface area contributed by atoms with E-state index < -0.39 is 0 Å². The van der Waals surface area contributed by atoms with Gasteiger partial charge in [0.15, 0.2) is 0 Å². The van der Waals surface area contributed by atoms with Crippen LogP contribution in [0.4, 0.5) is 11.5 Å². The highest BCUT2D eigenvalue weighted by Crippen LogP contribution is 2.36. The smallest absolute Gasteiger partial charge is 0.139 e. The van der Waals surface area contributed by atoms with E-state index in [4.69, 9.17) is 4.98 Å². The van der Waals surface area contributed by atoms with Crippen LogP contribution in [0.1, 0.15) is 34.5 Å². The van der Waals surface area contributed by atoms with Crippen molar-refractivity contribution in [2.24, 2.45) is 0 Å². The highest BCUT2D eigenvalue weighted by molar-refractivity contribution is 5.70. The van der Waals surface area contributed by atoms with Crippen LogP contribution in [-0.4, -0.2) is 16.5 Å². The average Bonchev–Trinajstić information content (AvgIpc) is 2.38. The maximum atomic E-state index is 4.69. The summed E-state index contributed by atoms with van der Waals surface area (Å²) in [7, 11) is 0. The van der Waals surface area contributed by atoms with Crippen molar-refractivity contribution in [3.8, 4) is 0 Å². The van der Waals surface area contributed by atoms with Crippen LogP contribution in [0.5, 0.6) is 0 Å². The van der Waals surface area contributed by atoms with Crippen molar-refractivity contribution < 1.29 is 0 Å². The van der Waals surface area contributed by atoms with Crippen LogP contribution in [-0.2, 0) is 6.42 Å². The molecule has 0 saturated carbocycles. The molecule has 104 valence electrons. The number of benzene rings is 1. The van der Waals surface area contributed by atoms with Crippen LogP contribution in [0.2, 0.25) is 0 Å². The Morgan fingerprint density at radius 2 is 1.75 bits per heavy atom. The molecule has 3 nitrogen and oxygen atoms in total. The third-order valence-electron chi connectivity index (χ3n) is 3.95. The number of anilines is 2. The SMILES string of the molecule is Cc1cc(C)c(N2CCCc3cnc(C)nc32)c(C)c1. The molecule has 0 radical (unpaired) electrons. The van der Waals surface area contributed by atoms with E-state index in [1.165, 1.54) is 27.9 Å². The van der Waals surface area contributed by atoms with E-state index in [9.17, 15) is 0 Å². The fourth-order valence-electron chi connectivity index (χ4n) is 3.24. The van der Waals surface area contributed by atoms with E-state index >= 15 is 0 Å². The van der Waals surface area contributed by atoms with Crippen LogP contribution in [0.25, 0.3) is 0 Å². The number of aromatic nitrogens is 2. The summed E-state index contributed by atoms with van der Waals surface area (Å²) in [6, 6.07) is 4.51. The lowest BCUT2D eigenvalue weighted by Crippen LogP contribution is -2.27. The van der Waals surface area contributed by atoms with E-state index in [-0.39, 0.29) is 0 Å². The van der Waals surface area contributed by atoms with Gasteiger partial charge in [0.2, 0.25) is 0 Å². The molecule has 1 aliphatic rings. The first-order valence-electron chi connectivity index (χ1n) is 7.24. The van der Waals surface area contributed by atoms with Crippen LogP contribution in [0, 0.1) is 27.7 Å². The highest BCUT2D eigenvalue weighted by atomic mass is 15.2. The topological polar surface area (TPSA) is 29.0 Å². The summed E-state index contributed by atoms with van der Waals surface area (Å²) in [6.07, 6.45) is 4.23. The molecule has 0 aliphatic carbocycles. The number of aryl methyl sites for hydroxylation is 5. The van der Waals surface area contributed by atoms with Crippen molar-refractivity contribution in [1.29, 1.82) is 0 Å². The summed E-state index contributed by atoms with van der Waals surface area (Å²) in [5.74, 6) is 1.94. The Balaban J connectivity index is 2.16. The number of fused-ring (bicyclic) bond motifs is 1. The molecule has 0 N–H and O–H groups in total. The molecule has 0 atom stereocenters. The van der Waals surface area contributed by atoms with Crippen LogP contribution >= 0.6 is 0 Å². The first kappa shape index (κ1) is 13.1. The predicted octanol–water partition coefficient (Wildman–Crippen LogP) is 3.79. The Morgan fingerprint density at radius 3 is 2.45 bits per heavy atom. The fourth-order valence-corrected chi connectivity index (χ4v) is 3.24. The Morgan fingerprint density at radius 1 is 1.05 bits per heavy atom. The zero-order valence-corrected chi connectivity index (χ0v) is 12.7. The lowest BCUT2D eigenvalue weighted by molar-refractivity contribution is 0.738. The van der Waals surface area contributed by atoms with Gasteiger partial charge in [-0.25, -0.2) is 9.97 Å². The van der Waals surface area contributed by atoms with Gasteiger partial charge < -0.3 is 4.90 Å². The maximum Gasteiger partial charge on any atom is 0.139 e. The Kier molecular flexibility index (Phi) is 3.20. The molecule has 1 aromatic heterocycles. The van der Waals surface area contributed by atoms with Crippen molar-refractivity contribution in [1.82, 2.24) is 9.97 Å². The van der Waals surface area contributed by atoms with E-state index in [2.05, 4.69) is 42.8 Å². The molecular weight excluding hydrogens is 246 g/mol. The maximum absolute atomic E-state index is 4.69. The number of hydrogen-bond donors (Lipinski definition) is 0. The summed E-state index contributed by atoms with van der Waals surface area (Å²) in [5.41, 5.74) is 6.55. The van der Waals surface area contributed by atoms with Gasteiger partial charge in [0.1, 0.15) is 11.6 Å². The van der Waals surface area contributed by atoms with Crippen molar-refractivity contribution >= 4 is 11.5 Å². The van der Waals surface area contributed by atoms with Gasteiger partial charge >= 0.3 is 0 Å². The number of rotatable bonds is 1. The quantitative estimate of drug-likeness (QED) is 0.787. The van der Waals surface area contributed by atoms with Gasteiger partial charge in [0.05, 0.1) is 0 Å². The standard InChI is InChI=1S/C17H21N3/c1-11-8-12(2)16(13(3)9-11)20-7-5-6-15-10-18-14(4)19-17(15)20/h8-10H,5-7H2,1-4H3. The lowest BCUT2D eigenvalue weighted by Gasteiger charge is -2.32. The Labute approximate surface area is 120 Å². The molecular formula is C17H21N3. The summed E-state index contributed by atoms with van der Waals surface area (Å²) in [6.45, 7) is 9.53. The van der Waals surface area contributed by atoms with E-state index in [0.717, 1.165) is 31.0 Å². The van der Waals surface area contributed by atoms with Gasteiger partial charge in [-0.15, -0.1) is 0 Å². The minimum atomic E-state index is 0.845. The molecule has 3 rings (SSSR count). The minimum Gasteiger partial charge on any atom is -0.326 e. The molecule has 1 aromatic carbocycles. The first-order chi connectivity index (χ1) is 9.56. The second-order valence-electron chi connectivity index (χ2n) is 5.77. The molecule has 0 fully saturated rings. The van der Waals surface area contributed by atoms with Gasteiger partial charge in [-0.1, -0.05) is 17.7 Å². The summed E-state index contributed by atoms with van der Waals surface area (Å²) < 4.78 is 0. The number of hydrogen-bond acceptors (Lipinski definition) is 3. The monoisotopic (exact) mass is 267 g/mol. The molecule has 2 heterocycles. The second-order valence-corrected chi connectivity index (χ2v) is 5.77.